The first-order valence-electron chi connectivity index (χ1n) is 10.2. The first kappa shape index (κ1) is 21.7. The minimum atomic E-state index is -0.576. The quantitative estimate of drug-likeness (QED) is 0.501. The molecule has 1 aliphatic heterocycles. The molecule has 0 atom stereocenters. The van der Waals surface area contributed by atoms with Crippen LogP contribution in [0.25, 0.3) is 0 Å². The maximum Gasteiger partial charge on any atom is 0.359 e. The summed E-state index contributed by atoms with van der Waals surface area (Å²) in [6.07, 6.45) is 2.28. The van der Waals surface area contributed by atoms with Crippen molar-refractivity contribution >= 4 is 39.9 Å². The minimum Gasteiger partial charge on any atom is -0.495 e. The van der Waals surface area contributed by atoms with Crippen molar-refractivity contribution in [2.75, 3.05) is 30.0 Å². The van der Waals surface area contributed by atoms with Gasteiger partial charge in [0.15, 0.2) is 16.6 Å². The molecule has 0 bridgehead atoms. The number of carbonyl (C=O) groups excluding carboxylic acids is 2. The van der Waals surface area contributed by atoms with E-state index in [1.807, 2.05) is 12.1 Å². The number of hydrogen-bond donors (Lipinski definition) is 0. The number of esters is 1. The average Bonchev–Trinajstić information content (AvgIpc) is 3.51. The van der Waals surface area contributed by atoms with Gasteiger partial charge in [0.2, 0.25) is 5.91 Å². The number of anilines is 3. The van der Waals surface area contributed by atoms with E-state index < -0.39 is 5.97 Å². The van der Waals surface area contributed by atoms with E-state index in [-0.39, 0.29) is 18.2 Å². The fourth-order valence-electron chi connectivity index (χ4n) is 3.45. The molecule has 1 amide bonds. The lowest BCUT2D eigenvalue weighted by Gasteiger charge is -2.20. The summed E-state index contributed by atoms with van der Waals surface area (Å²) in [6, 6.07) is 10.6. The van der Waals surface area contributed by atoms with Crippen LogP contribution in [0, 0.1) is 0 Å². The first-order valence-corrected chi connectivity index (χ1v) is 11.1. The number of ether oxygens (including phenoxy) is 2. The molecule has 32 heavy (non-hydrogen) atoms. The fraction of sp³-hybridized carbons (Fsp3) is 0.318. The highest BCUT2D eigenvalue weighted by atomic mass is 32.1. The highest BCUT2D eigenvalue weighted by Crippen LogP contribution is 2.35. The van der Waals surface area contributed by atoms with Crippen molar-refractivity contribution in [3.05, 3.63) is 53.2 Å². The number of carbonyl (C=O) groups is 2. The van der Waals surface area contributed by atoms with Gasteiger partial charge in [0.25, 0.3) is 0 Å². The Morgan fingerprint density at radius 3 is 2.59 bits per heavy atom. The van der Waals surface area contributed by atoms with Gasteiger partial charge in [0, 0.05) is 25.4 Å². The molecule has 1 aliphatic rings. The van der Waals surface area contributed by atoms with Gasteiger partial charge in [0.05, 0.1) is 18.5 Å². The van der Waals surface area contributed by atoms with Crippen molar-refractivity contribution in [2.24, 2.45) is 0 Å². The number of rotatable bonds is 7. The zero-order valence-electron chi connectivity index (χ0n) is 17.9. The Balaban J connectivity index is 1.42. The van der Waals surface area contributed by atoms with Gasteiger partial charge in [-0.2, -0.15) is 0 Å². The third-order valence-electron chi connectivity index (χ3n) is 5.01. The monoisotopic (exact) mass is 453 g/mol. The molecule has 0 saturated carbocycles. The van der Waals surface area contributed by atoms with Crippen molar-refractivity contribution in [3.8, 4) is 5.75 Å². The molecule has 0 unspecified atom stereocenters. The van der Waals surface area contributed by atoms with Crippen molar-refractivity contribution < 1.29 is 19.1 Å². The lowest BCUT2D eigenvalue weighted by Crippen LogP contribution is -2.23. The smallest absolute Gasteiger partial charge is 0.359 e. The standard InChI is InChI=1S/C22H23N5O4S/c1-15(28)27(18-7-3-4-8-19(18)30-2)22-23-16(14-32-22)13-31-21(29)17-9-10-20(25-24-17)26-11-5-6-12-26/h3-4,7-10,14H,5-6,11-13H2,1-2H3. The van der Waals surface area contributed by atoms with Gasteiger partial charge in [-0.05, 0) is 37.1 Å². The zero-order chi connectivity index (χ0) is 22.5. The van der Waals surface area contributed by atoms with Crippen LogP contribution in [0.2, 0.25) is 0 Å². The summed E-state index contributed by atoms with van der Waals surface area (Å²) in [7, 11) is 1.55. The highest BCUT2D eigenvalue weighted by molar-refractivity contribution is 7.14. The van der Waals surface area contributed by atoms with E-state index in [4.69, 9.17) is 9.47 Å². The molecule has 10 heteroatoms. The Labute approximate surface area is 189 Å². The molecule has 3 aromatic rings. The first-order chi connectivity index (χ1) is 15.6. The average molecular weight is 454 g/mol. The molecule has 1 saturated heterocycles. The summed E-state index contributed by atoms with van der Waals surface area (Å²) in [5, 5.41) is 10.3. The normalized spacial score (nSPS) is 13.1. The molecule has 1 aromatic carbocycles. The van der Waals surface area contributed by atoms with Crippen LogP contribution in [0.1, 0.15) is 35.9 Å². The van der Waals surface area contributed by atoms with E-state index in [1.165, 1.54) is 23.2 Å². The van der Waals surface area contributed by atoms with Crippen molar-refractivity contribution in [2.45, 2.75) is 26.4 Å². The Bertz CT molecular complexity index is 1100. The maximum absolute atomic E-state index is 12.4. The molecule has 0 spiro atoms. The van der Waals surface area contributed by atoms with E-state index in [9.17, 15) is 9.59 Å². The molecule has 3 heterocycles. The highest BCUT2D eigenvalue weighted by Gasteiger charge is 2.22. The summed E-state index contributed by atoms with van der Waals surface area (Å²) in [4.78, 5) is 32.8. The molecular formula is C22H23N5O4S. The van der Waals surface area contributed by atoms with Crippen LogP contribution in [0.3, 0.4) is 0 Å². The molecule has 166 valence electrons. The predicted octanol–water partition coefficient (Wildman–Crippen LogP) is 3.58. The number of aromatic nitrogens is 3. The molecular weight excluding hydrogens is 430 g/mol. The van der Waals surface area contributed by atoms with E-state index in [2.05, 4.69) is 20.1 Å². The fourth-order valence-corrected chi connectivity index (χ4v) is 4.31. The Hall–Kier alpha value is -3.53. The van der Waals surface area contributed by atoms with Gasteiger partial charge in [-0.3, -0.25) is 9.69 Å². The van der Waals surface area contributed by atoms with E-state index >= 15 is 0 Å². The molecule has 1 fully saturated rings. The third-order valence-corrected chi connectivity index (χ3v) is 5.89. The Morgan fingerprint density at radius 1 is 1.12 bits per heavy atom. The number of amides is 1. The van der Waals surface area contributed by atoms with Crippen molar-refractivity contribution in [3.63, 3.8) is 0 Å². The second-order valence-electron chi connectivity index (χ2n) is 7.19. The van der Waals surface area contributed by atoms with Crippen LogP contribution >= 0.6 is 11.3 Å². The van der Waals surface area contributed by atoms with Gasteiger partial charge in [-0.15, -0.1) is 21.5 Å². The van der Waals surface area contributed by atoms with Gasteiger partial charge in [0.1, 0.15) is 12.4 Å². The summed E-state index contributed by atoms with van der Waals surface area (Å²) >= 11 is 1.28. The lowest BCUT2D eigenvalue weighted by molar-refractivity contribution is -0.115. The van der Waals surface area contributed by atoms with Crippen LogP contribution in [0.15, 0.2) is 41.8 Å². The van der Waals surface area contributed by atoms with Gasteiger partial charge < -0.3 is 14.4 Å². The number of benzene rings is 1. The molecule has 9 nitrogen and oxygen atoms in total. The topological polar surface area (TPSA) is 97.7 Å². The van der Waals surface area contributed by atoms with Crippen LogP contribution in [-0.4, -0.2) is 47.3 Å². The molecule has 4 rings (SSSR count). The SMILES string of the molecule is COc1ccccc1N(C(C)=O)c1nc(COC(=O)c2ccc(N3CCCC3)nn2)cs1. The van der Waals surface area contributed by atoms with Crippen molar-refractivity contribution in [1.29, 1.82) is 0 Å². The van der Waals surface area contributed by atoms with Gasteiger partial charge in [-0.25, -0.2) is 9.78 Å². The minimum absolute atomic E-state index is 0.0391. The molecule has 0 aliphatic carbocycles. The lowest BCUT2D eigenvalue weighted by atomic mass is 10.2. The molecule has 2 aromatic heterocycles. The number of nitrogens with zero attached hydrogens (tertiary/aromatic N) is 5. The molecule has 0 N–H and O–H groups in total. The van der Waals surface area contributed by atoms with Gasteiger partial charge >= 0.3 is 5.97 Å². The third kappa shape index (κ3) is 4.70. The Kier molecular flexibility index (Phi) is 6.60. The number of thiazole rings is 1. The van der Waals surface area contributed by atoms with Crippen LogP contribution in [-0.2, 0) is 16.1 Å². The maximum atomic E-state index is 12.4. The second kappa shape index (κ2) is 9.73. The Morgan fingerprint density at radius 2 is 1.91 bits per heavy atom. The van der Waals surface area contributed by atoms with E-state index in [1.54, 1.807) is 36.8 Å². The van der Waals surface area contributed by atoms with E-state index in [0.29, 0.717) is 22.3 Å². The van der Waals surface area contributed by atoms with Gasteiger partial charge in [-0.1, -0.05) is 12.1 Å². The number of hydrogen-bond acceptors (Lipinski definition) is 9. The summed E-state index contributed by atoms with van der Waals surface area (Å²) in [5.74, 6) is 0.541. The molecule has 0 radical (unpaired) electrons. The summed E-state index contributed by atoms with van der Waals surface area (Å²) in [5.41, 5.74) is 1.26. The largest absolute Gasteiger partial charge is 0.495 e. The van der Waals surface area contributed by atoms with Crippen LogP contribution < -0.4 is 14.5 Å². The second-order valence-corrected chi connectivity index (χ2v) is 8.03. The zero-order valence-corrected chi connectivity index (χ0v) is 18.7. The number of para-hydroxylation sites is 2. The van der Waals surface area contributed by atoms with Crippen LogP contribution in [0.4, 0.5) is 16.6 Å². The summed E-state index contributed by atoms with van der Waals surface area (Å²) < 4.78 is 10.7. The number of methoxy groups -OCH3 is 1. The van der Waals surface area contributed by atoms with E-state index in [0.717, 1.165) is 31.7 Å². The predicted molar refractivity (Wildman–Crippen MR) is 121 cm³/mol. The summed E-state index contributed by atoms with van der Waals surface area (Å²) in [6.45, 7) is 3.33. The van der Waals surface area contributed by atoms with Crippen molar-refractivity contribution in [1.82, 2.24) is 15.2 Å². The van der Waals surface area contributed by atoms with Crippen LogP contribution in [0.5, 0.6) is 5.75 Å².